The molecule has 0 aromatic heterocycles. The molecule has 0 saturated carbocycles. The Balaban J connectivity index is 1.31. The van der Waals surface area contributed by atoms with Crippen molar-refractivity contribution in [3.8, 4) is 17.2 Å². The van der Waals surface area contributed by atoms with Gasteiger partial charge in [0.2, 0.25) is 5.91 Å². The minimum absolute atomic E-state index is 0.0401. The third kappa shape index (κ3) is 5.05. The Morgan fingerprint density at radius 1 is 0.765 bits per heavy atom. The molecule has 0 spiro atoms. The zero-order valence-electron chi connectivity index (χ0n) is 20.2. The first-order valence-electron chi connectivity index (χ1n) is 11.7. The van der Waals surface area contributed by atoms with Crippen molar-refractivity contribution < 1.29 is 23.8 Å². The van der Waals surface area contributed by atoms with E-state index in [1.165, 1.54) is 0 Å². The van der Waals surface area contributed by atoms with Gasteiger partial charge in [-0.25, -0.2) is 0 Å². The maximum Gasteiger partial charge on any atom is 0.254 e. The molecule has 2 heterocycles. The SMILES string of the molecule is COc1cc(OC)cc(C(=O)N2CCC(C(=O)N3CCN(c4ccccc4OC)CC3)CC2)c1. The van der Waals surface area contributed by atoms with E-state index in [0.717, 1.165) is 24.5 Å². The smallest absolute Gasteiger partial charge is 0.254 e. The summed E-state index contributed by atoms with van der Waals surface area (Å²) in [4.78, 5) is 32.3. The molecule has 34 heavy (non-hydrogen) atoms. The Hall–Kier alpha value is -3.42. The van der Waals surface area contributed by atoms with Crippen LogP contribution in [0.4, 0.5) is 5.69 Å². The first-order valence-corrected chi connectivity index (χ1v) is 11.7. The summed E-state index contributed by atoms with van der Waals surface area (Å²) in [5.41, 5.74) is 1.60. The van der Waals surface area contributed by atoms with Crippen LogP contribution in [0, 0.1) is 5.92 Å². The van der Waals surface area contributed by atoms with Crippen molar-refractivity contribution in [1.29, 1.82) is 0 Å². The van der Waals surface area contributed by atoms with Crippen LogP contribution < -0.4 is 19.1 Å². The van der Waals surface area contributed by atoms with Crippen molar-refractivity contribution in [3.63, 3.8) is 0 Å². The summed E-state index contributed by atoms with van der Waals surface area (Å²) in [5.74, 6) is 2.12. The lowest BCUT2D eigenvalue weighted by molar-refractivity contribution is -0.137. The summed E-state index contributed by atoms with van der Waals surface area (Å²) in [6.07, 6.45) is 1.36. The van der Waals surface area contributed by atoms with E-state index in [0.29, 0.717) is 56.1 Å². The van der Waals surface area contributed by atoms with E-state index in [1.54, 1.807) is 39.5 Å². The molecule has 0 atom stereocenters. The number of piperidine rings is 1. The van der Waals surface area contributed by atoms with Crippen LogP contribution in [-0.4, -0.2) is 82.2 Å². The van der Waals surface area contributed by atoms with Crippen molar-refractivity contribution >= 4 is 17.5 Å². The highest BCUT2D eigenvalue weighted by Crippen LogP contribution is 2.30. The molecule has 2 amide bonds. The molecule has 8 heteroatoms. The van der Waals surface area contributed by atoms with Gasteiger partial charge in [-0.3, -0.25) is 9.59 Å². The zero-order chi connectivity index (χ0) is 24.1. The highest BCUT2D eigenvalue weighted by molar-refractivity contribution is 5.95. The molecule has 2 aliphatic heterocycles. The molecule has 2 aliphatic rings. The number of amides is 2. The van der Waals surface area contributed by atoms with Gasteiger partial charge < -0.3 is 28.9 Å². The molecule has 0 unspecified atom stereocenters. The lowest BCUT2D eigenvalue weighted by Crippen LogP contribution is -2.52. The molecule has 0 N–H and O–H groups in total. The molecule has 2 fully saturated rings. The zero-order valence-corrected chi connectivity index (χ0v) is 20.2. The number of anilines is 1. The van der Waals surface area contributed by atoms with Crippen molar-refractivity contribution in [2.45, 2.75) is 12.8 Å². The molecule has 0 aliphatic carbocycles. The van der Waals surface area contributed by atoms with Crippen LogP contribution in [0.2, 0.25) is 0 Å². The molecule has 0 bridgehead atoms. The minimum atomic E-state index is -0.0616. The Bertz CT molecular complexity index is 989. The highest BCUT2D eigenvalue weighted by Gasteiger charge is 2.32. The van der Waals surface area contributed by atoms with Gasteiger partial charge in [0.15, 0.2) is 0 Å². The maximum absolute atomic E-state index is 13.2. The van der Waals surface area contributed by atoms with Gasteiger partial charge >= 0.3 is 0 Å². The van der Waals surface area contributed by atoms with E-state index in [2.05, 4.69) is 11.0 Å². The fraction of sp³-hybridized carbons (Fsp3) is 0.462. The summed E-state index contributed by atoms with van der Waals surface area (Å²) >= 11 is 0. The predicted molar refractivity (Wildman–Crippen MR) is 130 cm³/mol. The molecular formula is C26H33N3O5. The number of carbonyl (C=O) groups excluding carboxylic acids is 2. The number of ether oxygens (including phenoxy) is 3. The number of benzene rings is 2. The minimum Gasteiger partial charge on any atom is -0.497 e. The van der Waals surface area contributed by atoms with Gasteiger partial charge in [-0.05, 0) is 37.1 Å². The molecule has 182 valence electrons. The van der Waals surface area contributed by atoms with Crippen LogP contribution >= 0.6 is 0 Å². The average Bonchev–Trinajstić information content (AvgIpc) is 2.92. The second-order valence-corrected chi connectivity index (χ2v) is 8.65. The Morgan fingerprint density at radius 3 is 1.97 bits per heavy atom. The summed E-state index contributed by atoms with van der Waals surface area (Å²) in [6.45, 7) is 4.08. The topological polar surface area (TPSA) is 71.6 Å². The van der Waals surface area contributed by atoms with Crippen LogP contribution in [0.15, 0.2) is 42.5 Å². The molecule has 0 radical (unpaired) electrons. The summed E-state index contributed by atoms with van der Waals surface area (Å²) in [5, 5.41) is 0. The molecule has 4 rings (SSSR count). The fourth-order valence-electron chi connectivity index (χ4n) is 4.76. The van der Waals surface area contributed by atoms with E-state index >= 15 is 0 Å². The number of para-hydroxylation sites is 2. The monoisotopic (exact) mass is 467 g/mol. The maximum atomic E-state index is 13.2. The standard InChI is InChI=1S/C26H33N3O5/c1-32-21-16-20(17-22(18-21)33-2)26(31)28-10-8-19(9-11-28)25(30)29-14-12-27(13-15-29)23-6-4-5-7-24(23)34-3/h4-7,16-19H,8-15H2,1-3H3. The average molecular weight is 468 g/mol. The number of likely N-dealkylation sites (tertiary alicyclic amines) is 1. The van der Waals surface area contributed by atoms with Crippen molar-refractivity contribution in [2.24, 2.45) is 5.92 Å². The third-order valence-corrected chi connectivity index (χ3v) is 6.75. The Morgan fingerprint density at radius 2 is 1.38 bits per heavy atom. The van der Waals surface area contributed by atoms with Crippen molar-refractivity contribution in [3.05, 3.63) is 48.0 Å². The van der Waals surface area contributed by atoms with E-state index in [4.69, 9.17) is 14.2 Å². The number of carbonyl (C=O) groups is 2. The fourth-order valence-corrected chi connectivity index (χ4v) is 4.76. The predicted octanol–water partition coefficient (Wildman–Crippen LogP) is 2.91. The van der Waals surface area contributed by atoms with Crippen LogP contribution in [-0.2, 0) is 4.79 Å². The third-order valence-electron chi connectivity index (χ3n) is 6.75. The van der Waals surface area contributed by atoms with Crippen LogP contribution in [0.1, 0.15) is 23.2 Å². The van der Waals surface area contributed by atoms with Crippen molar-refractivity contribution in [1.82, 2.24) is 9.80 Å². The van der Waals surface area contributed by atoms with Gasteiger partial charge in [0.1, 0.15) is 17.2 Å². The van der Waals surface area contributed by atoms with E-state index in [9.17, 15) is 9.59 Å². The second kappa shape index (κ2) is 10.7. The summed E-state index contributed by atoms with van der Waals surface area (Å²) < 4.78 is 16.1. The second-order valence-electron chi connectivity index (χ2n) is 8.65. The number of hydrogen-bond acceptors (Lipinski definition) is 6. The first kappa shape index (κ1) is 23.7. The quantitative estimate of drug-likeness (QED) is 0.651. The summed E-state index contributed by atoms with van der Waals surface area (Å²) in [6, 6.07) is 13.2. The van der Waals surface area contributed by atoms with Gasteiger partial charge in [-0.15, -0.1) is 0 Å². The van der Waals surface area contributed by atoms with Gasteiger partial charge in [0.25, 0.3) is 5.91 Å². The number of methoxy groups -OCH3 is 3. The van der Waals surface area contributed by atoms with Gasteiger partial charge in [-0.1, -0.05) is 12.1 Å². The first-order chi connectivity index (χ1) is 16.5. The van der Waals surface area contributed by atoms with Gasteiger partial charge in [0, 0.05) is 56.8 Å². The summed E-state index contributed by atoms with van der Waals surface area (Å²) in [7, 11) is 4.81. The van der Waals surface area contributed by atoms with Crippen LogP contribution in [0.5, 0.6) is 17.2 Å². The van der Waals surface area contributed by atoms with Gasteiger partial charge in [-0.2, -0.15) is 0 Å². The van der Waals surface area contributed by atoms with E-state index in [-0.39, 0.29) is 17.7 Å². The molecule has 2 aromatic carbocycles. The van der Waals surface area contributed by atoms with Gasteiger partial charge in [0.05, 0.1) is 27.0 Å². The lowest BCUT2D eigenvalue weighted by atomic mass is 9.94. The molecular weight excluding hydrogens is 434 g/mol. The van der Waals surface area contributed by atoms with E-state index in [1.807, 2.05) is 28.0 Å². The highest BCUT2D eigenvalue weighted by atomic mass is 16.5. The molecule has 8 nitrogen and oxygen atoms in total. The van der Waals surface area contributed by atoms with Crippen LogP contribution in [0.3, 0.4) is 0 Å². The Kier molecular flexibility index (Phi) is 7.45. The number of nitrogens with zero attached hydrogens (tertiary/aromatic N) is 3. The largest absolute Gasteiger partial charge is 0.497 e. The lowest BCUT2D eigenvalue weighted by Gasteiger charge is -2.39. The number of rotatable bonds is 6. The normalized spacial score (nSPS) is 16.9. The van der Waals surface area contributed by atoms with Crippen LogP contribution in [0.25, 0.3) is 0 Å². The number of piperazine rings is 1. The Labute approximate surface area is 201 Å². The van der Waals surface area contributed by atoms with Crippen molar-refractivity contribution in [2.75, 3.05) is 65.5 Å². The molecule has 2 aromatic rings. The molecule has 2 saturated heterocycles. The van der Waals surface area contributed by atoms with E-state index < -0.39 is 0 Å². The number of hydrogen-bond donors (Lipinski definition) is 0.